The topological polar surface area (TPSA) is 26.3 Å². The summed E-state index contributed by atoms with van der Waals surface area (Å²) >= 11 is 0. The van der Waals surface area contributed by atoms with E-state index in [0.29, 0.717) is 6.61 Å². The molecule has 0 N–H and O–H groups in total. The Morgan fingerprint density at radius 1 is 1.36 bits per heavy atom. The summed E-state index contributed by atoms with van der Waals surface area (Å²) in [6, 6.07) is 0. The van der Waals surface area contributed by atoms with E-state index < -0.39 is 0 Å². The lowest BCUT2D eigenvalue weighted by Crippen LogP contribution is -1.98. The minimum absolute atomic E-state index is 0.250. The number of rotatable bonds is 3. The predicted octanol–water partition coefficient (Wildman–Crippen LogP) is 3.00. The zero-order valence-electron chi connectivity index (χ0n) is 8.79. The van der Waals surface area contributed by atoms with Crippen LogP contribution in [0.25, 0.3) is 0 Å². The van der Waals surface area contributed by atoms with Gasteiger partial charge in [-0.25, -0.2) is 4.79 Å². The molecule has 0 radical (unpaired) electrons. The first-order valence-corrected chi connectivity index (χ1v) is 5.36. The molecule has 0 heterocycles. The minimum Gasteiger partial charge on any atom is -0.463 e. The van der Waals surface area contributed by atoms with E-state index in [4.69, 9.17) is 4.74 Å². The molecular weight excluding hydrogens is 176 g/mol. The summed E-state index contributed by atoms with van der Waals surface area (Å²) in [5, 5.41) is 0. The molecule has 0 aromatic carbocycles. The maximum atomic E-state index is 10.9. The molecule has 0 bridgehead atoms. The van der Waals surface area contributed by atoms with Crippen LogP contribution in [0.3, 0.4) is 0 Å². The van der Waals surface area contributed by atoms with Gasteiger partial charge < -0.3 is 4.74 Å². The van der Waals surface area contributed by atoms with Crippen molar-refractivity contribution >= 4 is 5.97 Å². The number of hydrogen-bond acceptors (Lipinski definition) is 2. The monoisotopic (exact) mass is 194 g/mol. The van der Waals surface area contributed by atoms with E-state index in [1.807, 2.05) is 6.92 Å². The average molecular weight is 194 g/mol. The van der Waals surface area contributed by atoms with Crippen LogP contribution in [-0.2, 0) is 9.53 Å². The maximum Gasteiger partial charge on any atom is 0.330 e. The van der Waals surface area contributed by atoms with Gasteiger partial charge in [0.15, 0.2) is 0 Å². The summed E-state index contributed by atoms with van der Waals surface area (Å²) in [6.45, 7) is 2.26. The third-order valence-electron chi connectivity index (χ3n) is 2.35. The van der Waals surface area contributed by atoms with Crippen LogP contribution in [0.5, 0.6) is 0 Å². The molecule has 0 amide bonds. The van der Waals surface area contributed by atoms with Crippen LogP contribution in [0.4, 0.5) is 0 Å². The Kier molecular flexibility index (Phi) is 5.05. The Hall–Kier alpha value is -1.05. The van der Waals surface area contributed by atoms with Gasteiger partial charge in [-0.3, -0.25) is 0 Å². The lowest BCUT2D eigenvalue weighted by molar-refractivity contribution is -0.137. The van der Waals surface area contributed by atoms with Gasteiger partial charge in [0.1, 0.15) is 0 Å². The fraction of sp³-hybridized carbons (Fsp3) is 0.583. The first kappa shape index (κ1) is 11.0. The van der Waals surface area contributed by atoms with E-state index in [0.717, 1.165) is 0 Å². The summed E-state index contributed by atoms with van der Waals surface area (Å²) in [5.74, 6) is -0.250. The first-order valence-electron chi connectivity index (χ1n) is 5.36. The van der Waals surface area contributed by atoms with Crippen LogP contribution in [0, 0.1) is 0 Å². The summed E-state index contributed by atoms with van der Waals surface area (Å²) in [6.07, 6.45) is 11.7. The molecule has 2 nitrogen and oxygen atoms in total. The third-order valence-corrected chi connectivity index (χ3v) is 2.35. The quantitative estimate of drug-likeness (QED) is 0.510. The normalized spacial score (nSPS) is 17.1. The number of carbonyl (C=O) groups is 1. The smallest absolute Gasteiger partial charge is 0.330 e. The molecule has 0 aliphatic heterocycles. The van der Waals surface area contributed by atoms with Crippen molar-refractivity contribution in [1.82, 2.24) is 0 Å². The van der Waals surface area contributed by atoms with Crippen molar-refractivity contribution in [2.45, 2.75) is 39.0 Å². The second-order valence-electron chi connectivity index (χ2n) is 3.50. The van der Waals surface area contributed by atoms with Crippen LogP contribution in [-0.4, -0.2) is 12.6 Å². The molecule has 2 heteroatoms. The summed E-state index contributed by atoms with van der Waals surface area (Å²) < 4.78 is 4.78. The predicted molar refractivity (Wildman–Crippen MR) is 56.9 cm³/mol. The fourth-order valence-corrected chi connectivity index (χ4v) is 1.63. The molecule has 1 aliphatic rings. The molecule has 1 fully saturated rings. The van der Waals surface area contributed by atoms with Gasteiger partial charge in [0, 0.05) is 6.08 Å². The Bertz CT molecular complexity index is 231. The van der Waals surface area contributed by atoms with Crippen molar-refractivity contribution in [2.75, 3.05) is 6.61 Å². The van der Waals surface area contributed by atoms with Crippen molar-refractivity contribution in [3.05, 3.63) is 23.8 Å². The molecular formula is C12H18O2. The van der Waals surface area contributed by atoms with E-state index in [-0.39, 0.29) is 5.97 Å². The highest BCUT2D eigenvalue weighted by Crippen LogP contribution is 2.22. The van der Waals surface area contributed by atoms with Gasteiger partial charge in [-0.1, -0.05) is 24.1 Å². The van der Waals surface area contributed by atoms with Crippen LogP contribution in [0.15, 0.2) is 23.8 Å². The highest BCUT2D eigenvalue weighted by molar-refractivity contribution is 5.82. The molecule has 0 aromatic heterocycles. The van der Waals surface area contributed by atoms with E-state index in [2.05, 4.69) is 6.08 Å². The van der Waals surface area contributed by atoms with Gasteiger partial charge >= 0.3 is 5.97 Å². The number of ether oxygens (including phenoxy) is 1. The van der Waals surface area contributed by atoms with Gasteiger partial charge in [0.2, 0.25) is 0 Å². The number of carbonyl (C=O) groups excluding carboxylic acids is 1. The molecule has 0 atom stereocenters. The first-order chi connectivity index (χ1) is 6.83. The molecule has 1 aliphatic carbocycles. The van der Waals surface area contributed by atoms with Crippen LogP contribution in [0.2, 0.25) is 0 Å². The molecule has 78 valence electrons. The zero-order valence-corrected chi connectivity index (χ0v) is 8.79. The fourth-order valence-electron chi connectivity index (χ4n) is 1.63. The second kappa shape index (κ2) is 6.41. The Balaban J connectivity index is 2.32. The van der Waals surface area contributed by atoms with Crippen molar-refractivity contribution in [3.63, 3.8) is 0 Å². The van der Waals surface area contributed by atoms with Gasteiger partial charge in [-0.15, -0.1) is 0 Å². The summed E-state index contributed by atoms with van der Waals surface area (Å²) in [5.41, 5.74) is 1.46. The van der Waals surface area contributed by atoms with Gasteiger partial charge in [0.05, 0.1) is 6.61 Å². The number of allylic oxidation sites excluding steroid dienone is 3. The van der Waals surface area contributed by atoms with E-state index in [9.17, 15) is 4.79 Å². The molecule has 14 heavy (non-hydrogen) atoms. The molecule has 0 unspecified atom stereocenters. The number of esters is 1. The molecule has 1 saturated carbocycles. The molecule has 1 rings (SSSR count). The molecule has 0 spiro atoms. The average Bonchev–Trinajstić information content (AvgIpc) is 2.20. The lowest BCUT2D eigenvalue weighted by atomic mass is 9.95. The summed E-state index contributed by atoms with van der Waals surface area (Å²) in [4.78, 5) is 10.9. The van der Waals surface area contributed by atoms with Crippen LogP contribution in [0.1, 0.15) is 39.0 Å². The highest BCUT2D eigenvalue weighted by atomic mass is 16.5. The van der Waals surface area contributed by atoms with Crippen molar-refractivity contribution in [1.29, 1.82) is 0 Å². The van der Waals surface area contributed by atoms with Gasteiger partial charge in [-0.05, 0) is 32.6 Å². The van der Waals surface area contributed by atoms with E-state index in [1.54, 1.807) is 6.08 Å². The van der Waals surface area contributed by atoms with E-state index >= 15 is 0 Å². The van der Waals surface area contributed by atoms with Gasteiger partial charge in [-0.2, -0.15) is 0 Å². The van der Waals surface area contributed by atoms with E-state index in [1.165, 1.54) is 43.8 Å². The molecule has 0 aromatic rings. The van der Waals surface area contributed by atoms with Crippen molar-refractivity contribution < 1.29 is 9.53 Å². The summed E-state index contributed by atoms with van der Waals surface area (Å²) in [7, 11) is 0. The third kappa shape index (κ3) is 4.26. The Labute approximate surface area is 85.6 Å². The van der Waals surface area contributed by atoms with Crippen molar-refractivity contribution in [2.24, 2.45) is 0 Å². The molecule has 0 saturated heterocycles. The highest BCUT2D eigenvalue weighted by Gasteiger charge is 2.03. The van der Waals surface area contributed by atoms with Gasteiger partial charge in [0.25, 0.3) is 0 Å². The largest absolute Gasteiger partial charge is 0.463 e. The Morgan fingerprint density at radius 2 is 2.07 bits per heavy atom. The second-order valence-corrected chi connectivity index (χ2v) is 3.50. The lowest BCUT2D eigenvalue weighted by Gasteiger charge is -2.12. The Morgan fingerprint density at radius 3 is 2.71 bits per heavy atom. The van der Waals surface area contributed by atoms with Crippen LogP contribution < -0.4 is 0 Å². The standard InChI is InChI=1S/C12H18O2/c1-2-14-12(13)10-6-9-11-7-4-3-5-8-11/h6,9-10H,2-5,7-8H2,1H3/b10-6-. The van der Waals surface area contributed by atoms with Crippen molar-refractivity contribution in [3.8, 4) is 0 Å². The maximum absolute atomic E-state index is 10.9. The SMILES string of the molecule is CCOC(=O)/C=C\C=C1CCCCC1. The zero-order chi connectivity index (χ0) is 10.2. The van der Waals surface area contributed by atoms with Crippen LogP contribution >= 0.6 is 0 Å². The minimum atomic E-state index is -0.250. The number of hydrogen-bond donors (Lipinski definition) is 0.